The third-order valence-corrected chi connectivity index (χ3v) is 5.39. The van der Waals surface area contributed by atoms with Gasteiger partial charge in [0.1, 0.15) is 0 Å². The first-order chi connectivity index (χ1) is 12.2. The molecule has 3 aromatic rings. The number of aromatic nitrogens is 3. The molecular weight excluding hydrogens is 376 g/mol. The summed E-state index contributed by atoms with van der Waals surface area (Å²) in [5.41, 5.74) is 1.87. The lowest BCUT2D eigenvalue weighted by atomic mass is 10.2. The zero-order chi connectivity index (χ0) is 17.6. The van der Waals surface area contributed by atoms with Crippen molar-refractivity contribution in [3.05, 3.63) is 41.6 Å². The Morgan fingerprint density at radius 3 is 2.88 bits per heavy atom. The van der Waals surface area contributed by atoms with Gasteiger partial charge in [0.2, 0.25) is 11.8 Å². The van der Waals surface area contributed by atoms with Crippen LogP contribution in [0.1, 0.15) is 12.8 Å². The van der Waals surface area contributed by atoms with Crippen molar-refractivity contribution >= 4 is 45.9 Å². The maximum absolute atomic E-state index is 12.3. The van der Waals surface area contributed by atoms with Crippen LogP contribution in [-0.4, -0.2) is 32.6 Å². The number of carbonyl (C=O) groups excluding carboxylic acids is 1. The Kier molecular flexibility index (Phi) is 6.11. The molecule has 0 saturated heterocycles. The SMILES string of the molecule is CSCc1nnc(SC(C)C(=O)Nc2nc(-c3ccccc3)cs2)o1. The minimum atomic E-state index is -0.369. The Labute approximate surface area is 157 Å². The van der Waals surface area contributed by atoms with E-state index in [1.165, 1.54) is 23.1 Å². The average molecular weight is 393 g/mol. The predicted molar refractivity (Wildman–Crippen MR) is 103 cm³/mol. The monoisotopic (exact) mass is 392 g/mol. The summed E-state index contributed by atoms with van der Waals surface area (Å²) in [6.07, 6.45) is 1.96. The van der Waals surface area contributed by atoms with Gasteiger partial charge in [0.05, 0.1) is 16.7 Å². The molecule has 0 fully saturated rings. The molecule has 0 bridgehead atoms. The van der Waals surface area contributed by atoms with Gasteiger partial charge in [-0.2, -0.15) is 11.8 Å². The summed E-state index contributed by atoms with van der Waals surface area (Å²) in [4.78, 5) is 16.8. The number of anilines is 1. The number of nitrogens with one attached hydrogen (secondary N) is 1. The van der Waals surface area contributed by atoms with Crippen LogP contribution >= 0.6 is 34.9 Å². The summed E-state index contributed by atoms with van der Waals surface area (Å²) in [7, 11) is 0. The first-order valence-corrected chi connectivity index (χ1v) is 10.6. The molecule has 0 aliphatic heterocycles. The molecule has 2 heterocycles. The van der Waals surface area contributed by atoms with E-state index in [0.29, 0.717) is 22.0 Å². The molecule has 1 unspecified atom stereocenters. The van der Waals surface area contributed by atoms with Gasteiger partial charge in [-0.3, -0.25) is 4.79 Å². The highest BCUT2D eigenvalue weighted by Crippen LogP contribution is 2.27. The Bertz CT molecular complexity index is 835. The average Bonchev–Trinajstić information content (AvgIpc) is 3.26. The fraction of sp³-hybridized carbons (Fsp3) is 0.250. The molecule has 0 radical (unpaired) electrons. The van der Waals surface area contributed by atoms with Gasteiger partial charge >= 0.3 is 0 Å². The van der Waals surface area contributed by atoms with Gasteiger partial charge in [0, 0.05) is 10.9 Å². The molecule has 0 spiro atoms. The Morgan fingerprint density at radius 2 is 2.12 bits per heavy atom. The van der Waals surface area contributed by atoms with Crippen molar-refractivity contribution in [3.8, 4) is 11.3 Å². The molecule has 0 aliphatic carbocycles. The molecule has 0 aliphatic rings. The van der Waals surface area contributed by atoms with Crippen LogP contribution in [0.3, 0.4) is 0 Å². The minimum Gasteiger partial charge on any atom is -0.415 e. The number of hydrogen-bond acceptors (Lipinski definition) is 8. The standard InChI is InChI=1S/C16H16N4O2S3/c1-10(25-16-20-19-13(22-16)9-23-2)14(21)18-15-17-12(8-24-15)11-6-4-3-5-7-11/h3-8,10H,9H2,1-2H3,(H,17,18,21). The van der Waals surface area contributed by atoms with Crippen LogP contribution in [0.5, 0.6) is 0 Å². The van der Waals surface area contributed by atoms with E-state index in [0.717, 1.165) is 11.3 Å². The van der Waals surface area contributed by atoms with Gasteiger partial charge in [-0.05, 0) is 13.2 Å². The first-order valence-electron chi connectivity index (χ1n) is 7.45. The molecule has 1 N–H and O–H groups in total. The van der Waals surface area contributed by atoms with Crippen LogP contribution < -0.4 is 5.32 Å². The van der Waals surface area contributed by atoms with Crippen LogP contribution in [0.15, 0.2) is 45.4 Å². The molecule has 9 heteroatoms. The molecule has 0 saturated carbocycles. The van der Waals surface area contributed by atoms with Crippen molar-refractivity contribution < 1.29 is 9.21 Å². The molecule has 2 aromatic heterocycles. The molecule has 6 nitrogen and oxygen atoms in total. The highest BCUT2D eigenvalue weighted by Gasteiger charge is 2.19. The van der Waals surface area contributed by atoms with Crippen molar-refractivity contribution in [3.63, 3.8) is 0 Å². The van der Waals surface area contributed by atoms with E-state index in [1.54, 1.807) is 18.7 Å². The summed E-state index contributed by atoms with van der Waals surface area (Å²) < 4.78 is 5.48. The summed E-state index contributed by atoms with van der Waals surface area (Å²) >= 11 is 4.24. The lowest BCUT2D eigenvalue weighted by Crippen LogP contribution is -2.22. The van der Waals surface area contributed by atoms with Gasteiger partial charge < -0.3 is 9.73 Å². The van der Waals surface area contributed by atoms with E-state index in [1.807, 2.05) is 42.0 Å². The molecule has 1 atom stereocenters. The molecular formula is C16H16N4O2S3. The van der Waals surface area contributed by atoms with Crippen LogP contribution in [0, 0.1) is 0 Å². The van der Waals surface area contributed by atoms with Crippen molar-refractivity contribution in [2.45, 2.75) is 23.1 Å². The molecule has 1 amide bonds. The number of carbonyl (C=O) groups is 1. The van der Waals surface area contributed by atoms with E-state index < -0.39 is 0 Å². The van der Waals surface area contributed by atoms with Crippen LogP contribution in [0.4, 0.5) is 5.13 Å². The lowest BCUT2D eigenvalue weighted by Gasteiger charge is -2.07. The Hall–Kier alpha value is -1.84. The van der Waals surface area contributed by atoms with Gasteiger partial charge in [-0.1, -0.05) is 42.1 Å². The Balaban J connectivity index is 1.59. The lowest BCUT2D eigenvalue weighted by molar-refractivity contribution is -0.115. The van der Waals surface area contributed by atoms with E-state index in [9.17, 15) is 4.79 Å². The van der Waals surface area contributed by atoms with Crippen molar-refractivity contribution in [2.24, 2.45) is 0 Å². The molecule has 3 rings (SSSR count). The molecule has 25 heavy (non-hydrogen) atoms. The molecule has 1 aromatic carbocycles. The van der Waals surface area contributed by atoms with Gasteiger partial charge in [-0.15, -0.1) is 21.5 Å². The Morgan fingerprint density at radius 1 is 1.32 bits per heavy atom. The minimum absolute atomic E-state index is 0.149. The maximum atomic E-state index is 12.3. The second-order valence-corrected chi connectivity index (χ2v) is 8.06. The summed E-state index contributed by atoms with van der Waals surface area (Å²) in [5.74, 6) is 1.08. The number of nitrogens with zero attached hydrogens (tertiary/aromatic N) is 3. The first kappa shape index (κ1) is 18.0. The van der Waals surface area contributed by atoms with Crippen molar-refractivity contribution in [2.75, 3.05) is 11.6 Å². The number of rotatable bonds is 7. The zero-order valence-electron chi connectivity index (χ0n) is 13.6. The normalized spacial score (nSPS) is 12.1. The number of amides is 1. The summed E-state index contributed by atoms with van der Waals surface area (Å²) in [5, 5.41) is 13.3. The topological polar surface area (TPSA) is 80.9 Å². The fourth-order valence-electron chi connectivity index (χ4n) is 1.95. The van der Waals surface area contributed by atoms with Gasteiger partial charge in [0.15, 0.2) is 5.13 Å². The van der Waals surface area contributed by atoms with Gasteiger partial charge in [-0.25, -0.2) is 4.98 Å². The van der Waals surface area contributed by atoms with E-state index >= 15 is 0 Å². The summed E-state index contributed by atoms with van der Waals surface area (Å²) in [6.45, 7) is 1.80. The van der Waals surface area contributed by atoms with Crippen LogP contribution in [-0.2, 0) is 10.5 Å². The smallest absolute Gasteiger partial charge is 0.277 e. The van der Waals surface area contributed by atoms with Crippen LogP contribution in [0.25, 0.3) is 11.3 Å². The molecule has 130 valence electrons. The highest BCUT2D eigenvalue weighted by molar-refractivity contribution is 8.00. The second kappa shape index (κ2) is 8.50. The van der Waals surface area contributed by atoms with E-state index in [2.05, 4.69) is 20.5 Å². The van der Waals surface area contributed by atoms with Crippen molar-refractivity contribution in [1.82, 2.24) is 15.2 Å². The number of hydrogen-bond donors (Lipinski definition) is 1. The predicted octanol–water partition coefficient (Wildman–Crippen LogP) is 4.18. The number of thiazole rings is 1. The van der Waals surface area contributed by atoms with Gasteiger partial charge in [0.25, 0.3) is 5.22 Å². The van der Waals surface area contributed by atoms with E-state index in [-0.39, 0.29) is 11.2 Å². The third-order valence-electron chi connectivity index (χ3n) is 3.17. The highest BCUT2D eigenvalue weighted by atomic mass is 32.2. The van der Waals surface area contributed by atoms with E-state index in [4.69, 9.17) is 4.42 Å². The maximum Gasteiger partial charge on any atom is 0.277 e. The number of thioether (sulfide) groups is 2. The van der Waals surface area contributed by atoms with Crippen LogP contribution in [0.2, 0.25) is 0 Å². The summed E-state index contributed by atoms with van der Waals surface area (Å²) in [6, 6.07) is 9.85. The van der Waals surface area contributed by atoms with Crippen molar-refractivity contribution in [1.29, 1.82) is 0 Å². The zero-order valence-corrected chi connectivity index (χ0v) is 16.1. The third kappa shape index (κ3) is 4.83. The second-order valence-electron chi connectivity index (χ2n) is 5.05. The quantitative estimate of drug-likeness (QED) is 0.604. The number of benzene rings is 1. The largest absolute Gasteiger partial charge is 0.415 e. The fourth-order valence-corrected chi connectivity index (χ4v) is 3.74.